The number of aliphatic hydroxyl groups is 2. The normalized spacial score (nSPS) is 18.3. The van der Waals surface area contributed by atoms with Gasteiger partial charge >= 0.3 is 0 Å². The first-order chi connectivity index (χ1) is 7.11. The Kier molecular flexibility index (Phi) is 4.50. The molecule has 1 aliphatic rings. The van der Waals surface area contributed by atoms with Crippen LogP contribution >= 0.6 is 0 Å². The second kappa shape index (κ2) is 5.44. The van der Waals surface area contributed by atoms with E-state index in [1.54, 1.807) is 0 Å². The number of hydrogen-bond acceptors (Lipinski definition) is 4. The van der Waals surface area contributed by atoms with Gasteiger partial charge in [0.1, 0.15) is 0 Å². The van der Waals surface area contributed by atoms with Crippen molar-refractivity contribution < 1.29 is 15.0 Å². The van der Waals surface area contributed by atoms with Crippen molar-refractivity contribution in [3.63, 3.8) is 0 Å². The van der Waals surface area contributed by atoms with Crippen molar-refractivity contribution in [2.24, 2.45) is 5.73 Å². The summed E-state index contributed by atoms with van der Waals surface area (Å²) < 4.78 is 0. The van der Waals surface area contributed by atoms with Crippen LogP contribution in [0.2, 0.25) is 0 Å². The maximum atomic E-state index is 11.8. The van der Waals surface area contributed by atoms with Crippen molar-refractivity contribution >= 4 is 5.91 Å². The molecule has 1 rings (SSSR count). The number of amides is 1. The van der Waals surface area contributed by atoms with Gasteiger partial charge in [-0.3, -0.25) is 4.79 Å². The molecule has 0 aromatic carbocycles. The standard InChI is InChI=1S/C10H20N2O3/c11-10(2-1-3-10)8-9(15)12(4-6-13)5-7-14/h13-14H,1-8,11H2. The van der Waals surface area contributed by atoms with E-state index in [0.717, 1.165) is 19.3 Å². The molecule has 0 heterocycles. The van der Waals surface area contributed by atoms with Crippen LogP contribution in [0.1, 0.15) is 25.7 Å². The zero-order chi connectivity index (χ0) is 11.3. The lowest BCUT2D eigenvalue weighted by atomic mass is 9.75. The maximum absolute atomic E-state index is 11.8. The van der Waals surface area contributed by atoms with Gasteiger partial charge in [0, 0.05) is 25.0 Å². The molecule has 0 aromatic heterocycles. The molecule has 0 atom stereocenters. The molecule has 1 amide bonds. The van der Waals surface area contributed by atoms with Crippen molar-refractivity contribution in [3.05, 3.63) is 0 Å². The Balaban J connectivity index is 2.40. The highest BCUT2D eigenvalue weighted by molar-refractivity contribution is 5.77. The van der Waals surface area contributed by atoms with Gasteiger partial charge in [0.2, 0.25) is 5.91 Å². The number of nitrogens with two attached hydrogens (primary N) is 1. The molecule has 1 saturated carbocycles. The quantitative estimate of drug-likeness (QED) is 0.535. The summed E-state index contributed by atoms with van der Waals surface area (Å²) in [7, 11) is 0. The number of carbonyl (C=O) groups excluding carboxylic acids is 1. The lowest BCUT2D eigenvalue weighted by molar-refractivity contribution is -0.134. The van der Waals surface area contributed by atoms with Gasteiger partial charge in [0.05, 0.1) is 13.2 Å². The topological polar surface area (TPSA) is 86.8 Å². The van der Waals surface area contributed by atoms with Gasteiger partial charge in [-0.1, -0.05) is 0 Å². The fourth-order valence-electron chi connectivity index (χ4n) is 1.82. The van der Waals surface area contributed by atoms with E-state index in [1.807, 2.05) is 0 Å². The van der Waals surface area contributed by atoms with Crippen LogP contribution in [0.5, 0.6) is 0 Å². The van der Waals surface area contributed by atoms with Crippen molar-refractivity contribution in [1.29, 1.82) is 0 Å². The number of hydrogen-bond donors (Lipinski definition) is 3. The molecule has 15 heavy (non-hydrogen) atoms. The van der Waals surface area contributed by atoms with E-state index >= 15 is 0 Å². The molecule has 5 nitrogen and oxygen atoms in total. The van der Waals surface area contributed by atoms with Gasteiger partial charge in [-0.05, 0) is 19.3 Å². The first-order valence-electron chi connectivity index (χ1n) is 5.40. The number of nitrogens with zero attached hydrogens (tertiary/aromatic N) is 1. The molecule has 4 N–H and O–H groups in total. The monoisotopic (exact) mass is 216 g/mol. The summed E-state index contributed by atoms with van der Waals surface area (Å²) in [6.07, 6.45) is 3.20. The molecular formula is C10H20N2O3. The molecule has 88 valence electrons. The van der Waals surface area contributed by atoms with Crippen LogP contribution in [0.4, 0.5) is 0 Å². The van der Waals surface area contributed by atoms with Crippen LogP contribution in [0.25, 0.3) is 0 Å². The predicted octanol–water partition coefficient (Wildman–Crippen LogP) is -0.929. The molecule has 0 aromatic rings. The van der Waals surface area contributed by atoms with Gasteiger partial charge in [-0.2, -0.15) is 0 Å². The lowest BCUT2D eigenvalue weighted by Crippen LogP contribution is -2.51. The summed E-state index contributed by atoms with van der Waals surface area (Å²) in [6, 6.07) is 0. The third-order valence-corrected chi connectivity index (χ3v) is 2.95. The summed E-state index contributed by atoms with van der Waals surface area (Å²) in [6.45, 7) is 0.386. The van der Waals surface area contributed by atoms with E-state index in [9.17, 15) is 4.79 Å². The zero-order valence-electron chi connectivity index (χ0n) is 8.98. The Labute approximate surface area is 89.9 Å². The van der Waals surface area contributed by atoms with Crippen molar-refractivity contribution in [2.45, 2.75) is 31.2 Å². The van der Waals surface area contributed by atoms with Crippen molar-refractivity contribution in [1.82, 2.24) is 4.90 Å². The van der Waals surface area contributed by atoms with E-state index in [-0.39, 0.29) is 37.7 Å². The van der Waals surface area contributed by atoms with Crippen LogP contribution in [-0.4, -0.2) is 52.9 Å². The van der Waals surface area contributed by atoms with E-state index in [4.69, 9.17) is 15.9 Å². The fraction of sp³-hybridized carbons (Fsp3) is 0.900. The fourth-order valence-corrected chi connectivity index (χ4v) is 1.82. The summed E-state index contributed by atoms with van der Waals surface area (Å²) >= 11 is 0. The minimum atomic E-state index is -0.333. The third kappa shape index (κ3) is 3.44. The molecule has 0 unspecified atom stereocenters. The zero-order valence-corrected chi connectivity index (χ0v) is 8.98. The molecule has 0 spiro atoms. The van der Waals surface area contributed by atoms with E-state index in [0.29, 0.717) is 6.42 Å². The SMILES string of the molecule is NC1(CC(=O)N(CCO)CCO)CCC1. The van der Waals surface area contributed by atoms with Gasteiger partial charge in [-0.25, -0.2) is 0 Å². The number of carbonyl (C=O) groups is 1. The molecule has 1 aliphatic carbocycles. The minimum absolute atomic E-state index is 0.0692. The first kappa shape index (κ1) is 12.4. The summed E-state index contributed by atoms with van der Waals surface area (Å²) in [5.41, 5.74) is 5.63. The van der Waals surface area contributed by atoms with E-state index < -0.39 is 0 Å². The molecule has 0 radical (unpaired) electrons. The van der Waals surface area contributed by atoms with Crippen LogP contribution < -0.4 is 5.73 Å². The predicted molar refractivity (Wildman–Crippen MR) is 56.1 cm³/mol. The van der Waals surface area contributed by atoms with Crippen LogP contribution in [0.3, 0.4) is 0 Å². The maximum Gasteiger partial charge on any atom is 0.224 e. The summed E-state index contributed by atoms with van der Waals surface area (Å²) in [4.78, 5) is 13.2. The Hall–Kier alpha value is -0.650. The van der Waals surface area contributed by atoms with Gasteiger partial charge in [-0.15, -0.1) is 0 Å². The highest BCUT2D eigenvalue weighted by atomic mass is 16.3. The highest BCUT2D eigenvalue weighted by Crippen LogP contribution is 2.32. The molecule has 0 aliphatic heterocycles. The molecule has 0 saturated heterocycles. The van der Waals surface area contributed by atoms with Crippen LogP contribution in [0, 0.1) is 0 Å². The molecule has 5 heteroatoms. The Morgan fingerprint density at radius 3 is 2.13 bits per heavy atom. The van der Waals surface area contributed by atoms with Gasteiger partial charge < -0.3 is 20.8 Å². The molecule has 0 bridgehead atoms. The largest absolute Gasteiger partial charge is 0.395 e. The van der Waals surface area contributed by atoms with Gasteiger partial charge in [0.25, 0.3) is 0 Å². The van der Waals surface area contributed by atoms with Crippen LogP contribution in [0.15, 0.2) is 0 Å². The summed E-state index contributed by atoms with van der Waals surface area (Å²) in [5, 5.41) is 17.5. The van der Waals surface area contributed by atoms with E-state index in [2.05, 4.69) is 0 Å². The second-order valence-electron chi connectivity index (χ2n) is 4.22. The Morgan fingerprint density at radius 2 is 1.80 bits per heavy atom. The number of rotatable bonds is 6. The average Bonchev–Trinajstić information content (AvgIpc) is 2.15. The Bertz CT molecular complexity index is 211. The minimum Gasteiger partial charge on any atom is -0.395 e. The van der Waals surface area contributed by atoms with Crippen molar-refractivity contribution in [3.8, 4) is 0 Å². The van der Waals surface area contributed by atoms with Gasteiger partial charge in [0.15, 0.2) is 0 Å². The lowest BCUT2D eigenvalue weighted by Gasteiger charge is -2.38. The van der Waals surface area contributed by atoms with E-state index in [1.165, 1.54) is 4.90 Å². The Morgan fingerprint density at radius 1 is 1.27 bits per heavy atom. The van der Waals surface area contributed by atoms with Crippen molar-refractivity contribution in [2.75, 3.05) is 26.3 Å². The molecule has 1 fully saturated rings. The second-order valence-corrected chi connectivity index (χ2v) is 4.22. The summed E-state index contributed by atoms with van der Waals surface area (Å²) in [5.74, 6) is -0.0692. The first-order valence-corrected chi connectivity index (χ1v) is 5.40. The number of aliphatic hydroxyl groups excluding tert-OH is 2. The smallest absolute Gasteiger partial charge is 0.224 e. The third-order valence-electron chi connectivity index (χ3n) is 2.95. The van der Waals surface area contributed by atoms with Crippen LogP contribution in [-0.2, 0) is 4.79 Å². The highest BCUT2D eigenvalue weighted by Gasteiger charge is 2.35. The average molecular weight is 216 g/mol. The molecular weight excluding hydrogens is 196 g/mol.